The van der Waals surface area contributed by atoms with Crippen LogP contribution < -0.4 is 5.73 Å². The highest BCUT2D eigenvalue weighted by atomic mass is 16.6. The molecule has 1 aliphatic carbocycles. The number of nitro benzene ring substituents is 1. The molecule has 5 nitrogen and oxygen atoms in total. The van der Waals surface area contributed by atoms with Crippen molar-refractivity contribution in [3.8, 4) is 5.75 Å². The van der Waals surface area contributed by atoms with Crippen LogP contribution in [-0.4, -0.2) is 15.6 Å². The van der Waals surface area contributed by atoms with Crippen LogP contribution >= 0.6 is 0 Å². The molecule has 80 valence electrons. The first-order valence-electron chi connectivity index (χ1n) is 4.75. The van der Waals surface area contributed by atoms with E-state index in [-0.39, 0.29) is 17.0 Å². The Labute approximate surface area is 86.7 Å². The summed E-state index contributed by atoms with van der Waals surface area (Å²) in [5.74, 6) is -0.300. The Morgan fingerprint density at radius 1 is 1.53 bits per heavy atom. The van der Waals surface area contributed by atoms with E-state index >= 15 is 0 Å². The molecule has 0 atom stereocenters. The van der Waals surface area contributed by atoms with Crippen molar-refractivity contribution in [3.05, 3.63) is 33.9 Å². The predicted molar refractivity (Wildman–Crippen MR) is 54.6 cm³/mol. The number of aromatic hydroxyl groups is 1. The Bertz CT molecular complexity index is 413. The van der Waals surface area contributed by atoms with Crippen LogP contribution in [0.3, 0.4) is 0 Å². The number of nitrogens with zero attached hydrogens (tertiary/aromatic N) is 1. The van der Waals surface area contributed by atoms with E-state index in [0.29, 0.717) is 6.42 Å². The SMILES string of the molecule is NC1(Cc2ccc(O)c([N+](=O)[O-])c2)CC1. The quantitative estimate of drug-likeness (QED) is 0.579. The summed E-state index contributed by atoms with van der Waals surface area (Å²) >= 11 is 0. The highest BCUT2D eigenvalue weighted by molar-refractivity contribution is 5.48. The number of benzene rings is 1. The van der Waals surface area contributed by atoms with Crippen molar-refractivity contribution < 1.29 is 10.0 Å². The molecule has 0 spiro atoms. The van der Waals surface area contributed by atoms with Crippen LogP contribution in [0.25, 0.3) is 0 Å². The summed E-state index contributed by atoms with van der Waals surface area (Å²) < 4.78 is 0. The van der Waals surface area contributed by atoms with E-state index in [4.69, 9.17) is 5.73 Å². The molecule has 1 aromatic carbocycles. The van der Waals surface area contributed by atoms with Gasteiger partial charge in [0, 0.05) is 11.6 Å². The molecule has 0 aromatic heterocycles. The summed E-state index contributed by atoms with van der Waals surface area (Å²) in [5.41, 5.74) is 6.29. The largest absolute Gasteiger partial charge is 0.502 e. The lowest BCUT2D eigenvalue weighted by Gasteiger charge is -2.08. The van der Waals surface area contributed by atoms with Gasteiger partial charge in [0.1, 0.15) is 0 Å². The van der Waals surface area contributed by atoms with Crippen LogP contribution in [0.1, 0.15) is 18.4 Å². The fourth-order valence-electron chi connectivity index (χ4n) is 1.57. The lowest BCUT2D eigenvalue weighted by Crippen LogP contribution is -2.24. The van der Waals surface area contributed by atoms with Gasteiger partial charge in [0.25, 0.3) is 0 Å². The maximum atomic E-state index is 10.6. The van der Waals surface area contributed by atoms with Gasteiger partial charge in [-0.15, -0.1) is 0 Å². The van der Waals surface area contributed by atoms with Crippen LogP contribution in [-0.2, 0) is 6.42 Å². The second-order valence-corrected chi connectivity index (χ2v) is 4.12. The number of phenols is 1. The second-order valence-electron chi connectivity index (χ2n) is 4.12. The fourth-order valence-corrected chi connectivity index (χ4v) is 1.57. The van der Waals surface area contributed by atoms with Gasteiger partial charge < -0.3 is 10.8 Å². The summed E-state index contributed by atoms with van der Waals surface area (Å²) in [6.07, 6.45) is 2.55. The average molecular weight is 208 g/mol. The predicted octanol–water partition coefficient (Wildman–Crippen LogP) is 1.33. The number of hydrogen-bond donors (Lipinski definition) is 2. The van der Waals surface area contributed by atoms with Crippen molar-refractivity contribution >= 4 is 5.69 Å². The van der Waals surface area contributed by atoms with E-state index in [1.54, 1.807) is 6.07 Å². The van der Waals surface area contributed by atoms with Crippen molar-refractivity contribution in [2.45, 2.75) is 24.8 Å². The third kappa shape index (κ3) is 2.07. The van der Waals surface area contributed by atoms with Crippen molar-refractivity contribution in [2.75, 3.05) is 0 Å². The van der Waals surface area contributed by atoms with Crippen molar-refractivity contribution in [3.63, 3.8) is 0 Å². The molecule has 0 amide bonds. The van der Waals surface area contributed by atoms with Crippen LogP contribution in [0.4, 0.5) is 5.69 Å². The minimum Gasteiger partial charge on any atom is -0.502 e. The molecular formula is C10H12N2O3. The first-order chi connectivity index (χ1) is 7.00. The standard InChI is InChI=1S/C10H12N2O3/c11-10(3-4-10)6-7-1-2-9(13)8(5-7)12(14)15/h1-2,5,13H,3-4,6,11H2. The third-order valence-corrected chi connectivity index (χ3v) is 2.68. The van der Waals surface area contributed by atoms with E-state index in [9.17, 15) is 15.2 Å². The number of rotatable bonds is 3. The topological polar surface area (TPSA) is 89.4 Å². The number of hydrogen-bond acceptors (Lipinski definition) is 4. The van der Waals surface area contributed by atoms with Gasteiger partial charge in [0.05, 0.1) is 4.92 Å². The smallest absolute Gasteiger partial charge is 0.310 e. The highest BCUT2D eigenvalue weighted by Gasteiger charge is 2.38. The Morgan fingerprint density at radius 2 is 2.20 bits per heavy atom. The Morgan fingerprint density at radius 3 is 2.73 bits per heavy atom. The molecule has 0 saturated heterocycles. The molecule has 3 N–H and O–H groups in total. The molecule has 1 aliphatic rings. The molecule has 1 fully saturated rings. The molecule has 1 aromatic rings. The molecule has 0 radical (unpaired) electrons. The van der Waals surface area contributed by atoms with Gasteiger partial charge >= 0.3 is 5.69 Å². The van der Waals surface area contributed by atoms with Gasteiger partial charge in [-0.25, -0.2) is 0 Å². The van der Waals surface area contributed by atoms with Gasteiger partial charge in [-0.1, -0.05) is 6.07 Å². The van der Waals surface area contributed by atoms with Gasteiger partial charge in [0.2, 0.25) is 0 Å². The van der Waals surface area contributed by atoms with Crippen LogP contribution in [0.15, 0.2) is 18.2 Å². The molecule has 5 heteroatoms. The lowest BCUT2D eigenvalue weighted by molar-refractivity contribution is -0.385. The zero-order chi connectivity index (χ0) is 11.1. The summed E-state index contributed by atoms with van der Waals surface area (Å²) in [6, 6.07) is 4.41. The summed E-state index contributed by atoms with van der Waals surface area (Å²) in [4.78, 5) is 9.98. The van der Waals surface area contributed by atoms with Crippen LogP contribution in [0.2, 0.25) is 0 Å². The zero-order valence-corrected chi connectivity index (χ0v) is 8.14. The lowest BCUT2D eigenvalue weighted by atomic mass is 10.0. The van der Waals surface area contributed by atoms with Gasteiger partial charge in [0.15, 0.2) is 5.75 Å². The van der Waals surface area contributed by atoms with E-state index < -0.39 is 4.92 Å². The minimum absolute atomic E-state index is 0.176. The number of nitro groups is 1. The van der Waals surface area contributed by atoms with Crippen molar-refractivity contribution in [1.29, 1.82) is 0 Å². The number of nitrogens with two attached hydrogens (primary N) is 1. The molecule has 0 aliphatic heterocycles. The van der Waals surface area contributed by atoms with Crippen molar-refractivity contribution in [1.82, 2.24) is 0 Å². The first kappa shape index (κ1) is 9.92. The Hall–Kier alpha value is -1.62. The van der Waals surface area contributed by atoms with Gasteiger partial charge in [-0.2, -0.15) is 0 Å². The molecule has 0 unspecified atom stereocenters. The molecule has 15 heavy (non-hydrogen) atoms. The van der Waals surface area contributed by atoms with Crippen LogP contribution in [0.5, 0.6) is 5.75 Å². The Balaban J connectivity index is 2.26. The Kier molecular flexibility index (Phi) is 2.12. The van der Waals surface area contributed by atoms with Gasteiger partial charge in [-0.05, 0) is 30.9 Å². The monoisotopic (exact) mass is 208 g/mol. The summed E-state index contributed by atoms with van der Waals surface area (Å²) in [5, 5.41) is 19.8. The third-order valence-electron chi connectivity index (χ3n) is 2.68. The fraction of sp³-hybridized carbons (Fsp3) is 0.400. The highest BCUT2D eigenvalue weighted by Crippen LogP contribution is 2.37. The van der Waals surface area contributed by atoms with E-state index in [1.165, 1.54) is 12.1 Å². The molecule has 0 bridgehead atoms. The minimum atomic E-state index is -0.588. The van der Waals surface area contributed by atoms with E-state index in [0.717, 1.165) is 18.4 Å². The molecule has 0 heterocycles. The van der Waals surface area contributed by atoms with Gasteiger partial charge in [-0.3, -0.25) is 10.1 Å². The summed E-state index contributed by atoms with van der Waals surface area (Å²) in [6.45, 7) is 0. The zero-order valence-electron chi connectivity index (χ0n) is 8.14. The molecule has 1 saturated carbocycles. The second kappa shape index (κ2) is 3.20. The first-order valence-corrected chi connectivity index (χ1v) is 4.75. The average Bonchev–Trinajstić information content (AvgIpc) is 2.87. The summed E-state index contributed by atoms with van der Waals surface area (Å²) in [7, 11) is 0. The van der Waals surface area contributed by atoms with Crippen molar-refractivity contribution in [2.24, 2.45) is 5.73 Å². The number of phenolic OH excluding ortho intramolecular Hbond substituents is 1. The van der Waals surface area contributed by atoms with E-state index in [1.807, 2.05) is 0 Å². The van der Waals surface area contributed by atoms with E-state index in [2.05, 4.69) is 0 Å². The maximum Gasteiger partial charge on any atom is 0.310 e. The molecule has 2 rings (SSSR count). The van der Waals surface area contributed by atoms with Crippen LogP contribution in [0, 0.1) is 10.1 Å². The maximum absolute atomic E-state index is 10.6. The molecular weight excluding hydrogens is 196 g/mol. The normalized spacial score (nSPS) is 17.4.